The van der Waals surface area contributed by atoms with Crippen LogP contribution in [0.3, 0.4) is 0 Å². The Kier molecular flexibility index (Phi) is 3.93. The van der Waals surface area contributed by atoms with E-state index in [0.717, 1.165) is 12.1 Å². The summed E-state index contributed by atoms with van der Waals surface area (Å²) in [5.41, 5.74) is -0.476. The van der Waals surface area contributed by atoms with Gasteiger partial charge in [0.1, 0.15) is 0 Å². The molecule has 2 N–H and O–H groups in total. The van der Waals surface area contributed by atoms with E-state index < -0.39 is 11.7 Å². The monoisotopic (exact) mass is 300 g/mol. The van der Waals surface area contributed by atoms with Gasteiger partial charge in [-0.2, -0.15) is 18.3 Å². The van der Waals surface area contributed by atoms with E-state index in [4.69, 9.17) is 12.2 Å². The standard InChI is InChI=1S/C12H11F3N4S/c1-19-6-5-10(18-19)17-11(20)16-9-4-2-3-8(7-9)12(13,14)15/h2-7H,1H3,(H2,16,17,18,20). The summed E-state index contributed by atoms with van der Waals surface area (Å²) >= 11 is 5.01. The van der Waals surface area contributed by atoms with Crippen molar-refractivity contribution < 1.29 is 13.2 Å². The van der Waals surface area contributed by atoms with Crippen molar-refractivity contribution >= 4 is 28.8 Å². The van der Waals surface area contributed by atoms with E-state index in [0.29, 0.717) is 5.82 Å². The predicted molar refractivity (Wildman–Crippen MR) is 74.5 cm³/mol. The number of halogens is 3. The van der Waals surface area contributed by atoms with Gasteiger partial charge in [-0.3, -0.25) is 4.68 Å². The van der Waals surface area contributed by atoms with E-state index in [-0.39, 0.29) is 10.8 Å². The summed E-state index contributed by atoms with van der Waals surface area (Å²) in [5.74, 6) is 0.511. The largest absolute Gasteiger partial charge is 0.416 e. The predicted octanol–water partition coefficient (Wildman–Crippen LogP) is 3.25. The summed E-state index contributed by atoms with van der Waals surface area (Å²) in [4.78, 5) is 0. The smallest absolute Gasteiger partial charge is 0.332 e. The van der Waals surface area contributed by atoms with Crippen LogP contribution in [0.15, 0.2) is 36.5 Å². The minimum atomic E-state index is -4.38. The average molecular weight is 300 g/mol. The molecule has 1 aromatic carbocycles. The van der Waals surface area contributed by atoms with Crippen molar-refractivity contribution in [1.82, 2.24) is 9.78 Å². The molecule has 0 radical (unpaired) electrons. The lowest BCUT2D eigenvalue weighted by Crippen LogP contribution is -2.19. The van der Waals surface area contributed by atoms with Crippen molar-refractivity contribution in [2.24, 2.45) is 7.05 Å². The molecule has 20 heavy (non-hydrogen) atoms. The Morgan fingerprint density at radius 3 is 2.60 bits per heavy atom. The molecule has 106 valence electrons. The zero-order chi connectivity index (χ0) is 14.8. The molecule has 1 aromatic heterocycles. The molecule has 2 aromatic rings. The summed E-state index contributed by atoms with van der Waals surface area (Å²) in [5, 5.41) is 9.68. The molecular weight excluding hydrogens is 289 g/mol. The van der Waals surface area contributed by atoms with Gasteiger partial charge < -0.3 is 10.6 Å². The topological polar surface area (TPSA) is 41.9 Å². The first-order valence-electron chi connectivity index (χ1n) is 5.59. The van der Waals surface area contributed by atoms with E-state index in [1.54, 1.807) is 24.0 Å². The maximum Gasteiger partial charge on any atom is 0.416 e. The Morgan fingerprint density at radius 2 is 2.00 bits per heavy atom. The molecule has 0 unspecified atom stereocenters. The molecule has 2 rings (SSSR count). The average Bonchev–Trinajstić information content (AvgIpc) is 2.73. The van der Waals surface area contributed by atoms with E-state index in [9.17, 15) is 13.2 Å². The second kappa shape index (κ2) is 5.49. The van der Waals surface area contributed by atoms with Crippen LogP contribution in [0.5, 0.6) is 0 Å². The van der Waals surface area contributed by atoms with Crippen LogP contribution in [0, 0.1) is 0 Å². The van der Waals surface area contributed by atoms with Crippen molar-refractivity contribution in [3.8, 4) is 0 Å². The maximum absolute atomic E-state index is 12.6. The number of anilines is 2. The van der Waals surface area contributed by atoms with Crippen LogP contribution in [-0.4, -0.2) is 14.9 Å². The molecule has 0 fully saturated rings. The minimum Gasteiger partial charge on any atom is -0.332 e. The molecule has 4 nitrogen and oxygen atoms in total. The second-order valence-electron chi connectivity index (χ2n) is 4.03. The zero-order valence-electron chi connectivity index (χ0n) is 10.4. The van der Waals surface area contributed by atoms with Gasteiger partial charge in [0.2, 0.25) is 0 Å². The van der Waals surface area contributed by atoms with Gasteiger partial charge in [-0.25, -0.2) is 0 Å². The van der Waals surface area contributed by atoms with E-state index >= 15 is 0 Å². The number of nitrogens with zero attached hydrogens (tertiary/aromatic N) is 2. The van der Waals surface area contributed by atoms with Gasteiger partial charge in [-0.15, -0.1) is 0 Å². The van der Waals surface area contributed by atoms with Gasteiger partial charge >= 0.3 is 6.18 Å². The third-order valence-electron chi connectivity index (χ3n) is 2.40. The van der Waals surface area contributed by atoms with Crippen molar-refractivity contribution in [2.45, 2.75) is 6.18 Å². The van der Waals surface area contributed by atoms with Gasteiger partial charge in [0.05, 0.1) is 5.56 Å². The molecule has 0 spiro atoms. The third-order valence-corrected chi connectivity index (χ3v) is 2.61. The number of hydrogen-bond acceptors (Lipinski definition) is 2. The number of rotatable bonds is 2. The quantitative estimate of drug-likeness (QED) is 0.836. The van der Waals surface area contributed by atoms with Crippen molar-refractivity contribution in [3.05, 3.63) is 42.1 Å². The first kappa shape index (κ1) is 14.3. The Hall–Kier alpha value is -2.09. The van der Waals surface area contributed by atoms with Gasteiger partial charge in [0.25, 0.3) is 0 Å². The molecule has 0 aliphatic heterocycles. The van der Waals surface area contributed by atoms with Crippen LogP contribution in [0.4, 0.5) is 24.7 Å². The summed E-state index contributed by atoms with van der Waals surface area (Å²) in [6.45, 7) is 0. The van der Waals surface area contributed by atoms with E-state index in [1.807, 2.05) is 0 Å². The maximum atomic E-state index is 12.6. The Balaban J connectivity index is 2.04. The lowest BCUT2D eigenvalue weighted by molar-refractivity contribution is -0.137. The van der Waals surface area contributed by atoms with E-state index in [1.165, 1.54) is 12.1 Å². The molecule has 0 aliphatic rings. The number of nitrogens with one attached hydrogen (secondary N) is 2. The van der Waals surface area contributed by atoms with Gasteiger partial charge in [-0.05, 0) is 30.4 Å². The van der Waals surface area contributed by atoms with Crippen molar-refractivity contribution in [1.29, 1.82) is 0 Å². The highest BCUT2D eigenvalue weighted by Gasteiger charge is 2.30. The number of thiocarbonyl (C=S) groups is 1. The first-order chi connectivity index (χ1) is 9.34. The van der Waals surface area contributed by atoms with Crippen molar-refractivity contribution in [3.63, 3.8) is 0 Å². The van der Waals surface area contributed by atoms with Crippen LogP contribution in [0.25, 0.3) is 0 Å². The van der Waals surface area contributed by atoms with Crippen LogP contribution in [0.1, 0.15) is 5.56 Å². The number of hydrogen-bond donors (Lipinski definition) is 2. The number of alkyl halides is 3. The molecular formula is C12H11F3N4S. The molecule has 0 saturated heterocycles. The molecule has 0 amide bonds. The number of aryl methyl sites for hydroxylation is 1. The second-order valence-corrected chi connectivity index (χ2v) is 4.44. The lowest BCUT2D eigenvalue weighted by Gasteiger charge is -2.11. The van der Waals surface area contributed by atoms with Crippen LogP contribution in [0.2, 0.25) is 0 Å². The Bertz CT molecular complexity index is 621. The van der Waals surface area contributed by atoms with Gasteiger partial charge in [0.15, 0.2) is 10.9 Å². The molecule has 0 bridgehead atoms. The molecule has 1 heterocycles. The highest BCUT2D eigenvalue weighted by molar-refractivity contribution is 7.80. The summed E-state index contributed by atoms with van der Waals surface area (Å²) in [7, 11) is 1.74. The summed E-state index contributed by atoms with van der Waals surface area (Å²) in [6, 6.07) is 6.50. The highest BCUT2D eigenvalue weighted by atomic mass is 32.1. The number of aromatic nitrogens is 2. The van der Waals surface area contributed by atoms with Crippen LogP contribution in [-0.2, 0) is 13.2 Å². The Morgan fingerprint density at radius 1 is 1.25 bits per heavy atom. The fourth-order valence-corrected chi connectivity index (χ4v) is 1.76. The third kappa shape index (κ3) is 3.70. The summed E-state index contributed by atoms with van der Waals surface area (Å²) in [6.07, 6.45) is -2.66. The van der Waals surface area contributed by atoms with Crippen LogP contribution >= 0.6 is 12.2 Å². The molecule has 8 heteroatoms. The minimum absolute atomic E-state index is 0.169. The molecule has 0 atom stereocenters. The fraction of sp³-hybridized carbons (Fsp3) is 0.167. The highest BCUT2D eigenvalue weighted by Crippen LogP contribution is 2.30. The van der Waals surface area contributed by atoms with Gasteiger partial charge in [0, 0.05) is 25.0 Å². The first-order valence-corrected chi connectivity index (χ1v) is 6.00. The normalized spacial score (nSPS) is 11.2. The van der Waals surface area contributed by atoms with Crippen molar-refractivity contribution in [2.75, 3.05) is 10.6 Å². The zero-order valence-corrected chi connectivity index (χ0v) is 11.2. The van der Waals surface area contributed by atoms with E-state index in [2.05, 4.69) is 15.7 Å². The fourth-order valence-electron chi connectivity index (χ4n) is 1.53. The SMILES string of the molecule is Cn1ccc(NC(=S)Nc2cccc(C(F)(F)F)c2)n1. The molecule has 0 aliphatic carbocycles. The lowest BCUT2D eigenvalue weighted by atomic mass is 10.2. The summed E-state index contributed by atoms with van der Waals surface area (Å²) < 4.78 is 39.3. The molecule has 0 saturated carbocycles. The van der Waals surface area contributed by atoms with Crippen LogP contribution < -0.4 is 10.6 Å². The van der Waals surface area contributed by atoms with Gasteiger partial charge in [-0.1, -0.05) is 6.07 Å². The number of benzene rings is 1. The Labute approximate surface area is 118 Å².